The Morgan fingerprint density at radius 1 is 1.47 bits per heavy atom. The molecular weight excluding hydrogens is 234 g/mol. The summed E-state index contributed by atoms with van der Waals surface area (Å²) >= 11 is 1.32. The lowest BCUT2D eigenvalue weighted by Crippen LogP contribution is -2.02. The van der Waals surface area contributed by atoms with Crippen LogP contribution in [0.3, 0.4) is 0 Å². The molecule has 0 aliphatic carbocycles. The predicted molar refractivity (Wildman–Crippen MR) is 68.6 cm³/mol. The van der Waals surface area contributed by atoms with Crippen LogP contribution in [0, 0.1) is 0 Å². The van der Waals surface area contributed by atoms with Gasteiger partial charge in [0.25, 0.3) is 0 Å². The molecule has 2 heterocycles. The summed E-state index contributed by atoms with van der Waals surface area (Å²) in [6.45, 7) is 2.32. The van der Waals surface area contributed by atoms with Crippen LogP contribution in [0.1, 0.15) is 6.92 Å². The van der Waals surface area contributed by atoms with Gasteiger partial charge in [0, 0.05) is 36.8 Å². The summed E-state index contributed by atoms with van der Waals surface area (Å²) in [7, 11) is 0. The van der Waals surface area contributed by atoms with E-state index >= 15 is 0 Å². The van der Waals surface area contributed by atoms with Crippen LogP contribution >= 0.6 is 11.8 Å². The van der Waals surface area contributed by atoms with Crippen molar-refractivity contribution in [2.75, 3.05) is 5.75 Å². The van der Waals surface area contributed by atoms with Crippen LogP contribution in [-0.4, -0.2) is 25.6 Å². The van der Waals surface area contributed by atoms with E-state index in [4.69, 9.17) is 0 Å². The summed E-state index contributed by atoms with van der Waals surface area (Å²) in [6, 6.07) is 5.82. The summed E-state index contributed by atoms with van der Waals surface area (Å²) in [5.74, 6) is 0.753. The van der Waals surface area contributed by atoms with Crippen LogP contribution in [0.4, 0.5) is 0 Å². The fourth-order valence-electron chi connectivity index (χ4n) is 1.44. The Bertz CT molecular complexity index is 495. The molecule has 0 aromatic carbocycles. The smallest absolute Gasteiger partial charge is 0.185 e. The van der Waals surface area contributed by atoms with E-state index in [0.29, 0.717) is 0 Å². The molecule has 2 aromatic heterocycles. The Morgan fingerprint density at radius 3 is 3.06 bits per heavy atom. The molecule has 0 saturated heterocycles. The number of hydrogen-bond donors (Lipinski definition) is 0. The Hall–Kier alpha value is -1.62. The van der Waals surface area contributed by atoms with Crippen molar-refractivity contribution in [2.24, 2.45) is 0 Å². The number of aryl methyl sites for hydroxylation is 1. The molecule has 88 valence electrons. The minimum atomic E-state index is 0.143. The zero-order chi connectivity index (χ0) is 12.1. The number of carbonyl (C=O) groups excluding carboxylic acids is 1. The highest BCUT2D eigenvalue weighted by molar-refractivity contribution is 8.13. The average molecular weight is 247 g/mol. The van der Waals surface area contributed by atoms with E-state index in [1.165, 1.54) is 11.8 Å². The van der Waals surface area contributed by atoms with Gasteiger partial charge in [-0.15, -0.1) is 0 Å². The molecule has 0 unspecified atom stereocenters. The SMILES string of the molecule is CC(=O)SCCn1ccc(-c2cccnc2)n1. The van der Waals surface area contributed by atoms with Gasteiger partial charge in [0.1, 0.15) is 0 Å². The van der Waals surface area contributed by atoms with Gasteiger partial charge < -0.3 is 0 Å². The number of nitrogens with zero attached hydrogens (tertiary/aromatic N) is 3. The van der Waals surface area contributed by atoms with Crippen LogP contribution < -0.4 is 0 Å². The van der Waals surface area contributed by atoms with E-state index in [-0.39, 0.29) is 5.12 Å². The fraction of sp³-hybridized carbons (Fsp3) is 0.250. The van der Waals surface area contributed by atoms with Gasteiger partial charge in [-0.3, -0.25) is 14.5 Å². The standard InChI is InChI=1S/C12H13N3OS/c1-10(16)17-8-7-15-6-4-12(14-15)11-3-2-5-13-9-11/h2-6,9H,7-8H2,1H3. The summed E-state index contributed by atoms with van der Waals surface area (Å²) in [4.78, 5) is 14.8. The van der Waals surface area contributed by atoms with Crippen LogP contribution in [-0.2, 0) is 11.3 Å². The van der Waals surface area contributed by atoms with Crippen molar-refractivity contribution in [3.8, 4) is 11.3 Å². The van der Waals surface area contributed by atoms with Crippen molar-refractivity contribution >= 4 is 16.9 Å². The minimum Gasteiger partial charge on any atom is -0.288 e. The summed E-state index contributed by atoms with van der Waals surface area (Å²) < 4.78 is 1.85. The molecule has 5 heteroatoms. The Labute approximate surface area is 104 Å². The molecule has 0 N–H and O–H groups in total. The van der Waals surface area contributed by atoms with E-state index in [1.807, 2.05) is 29.1 Å². The first-order valence-electron chi connectivity index (χ1n) is 5.33. The van der Waals surface area contributed by atoms with Gasteiger partial charge in [0.05, 0.1) is 12.2 Å². The van der Waals surface area contributed by atoms with Crippen molar-refractivity contribution in [1.29, 1.82) is 0 Å². The van der Waals surface area contributed by atoms with Crippen LogP contribution in [0.5, 0.6) is 0 Å². The van der Waals surface area contributed by atoms with E-state index in [0.717, 1.165) is 23.6 Å². The third-order valence-electron chi connectivity index (χ3n) is 2.22. The van der Waals surface area contributed by atoms with Gasteiger partial charge in [-0.25, -0.2) is 0 Å². The number of carbonyl (C=O) groups is 1. The fourth-order valence-corrected chi connectivity index (χ4v) is 2.00. The molecule has 0 radical (unpaired) electrons. The number of hydrogen-bond acceptors (Lipinski definition) is 4. The zero-order valence-corrected chi connectivity index (χ0v) is 10.4. The summed E-state index contributed by atoms with van der Waals surface area (Å²) in [5.41, 5.74) is 1.91. The molecule has 17 heavy (non-hydrogen) atoms. The van der Waals surface area contributed by atoms with Crippen LogP contribution in [0.15, 0.2) is 36.8 Å². The van der Waals surface area contributed by atoms with Crippen molar-refractivity contribution in [3.63, 3.8) is 0 Å². The highest BCUT2D eigenvalue weighted by atomic mass is 32.2. The predicted octanol–water partition coefficient (Wildman–Crippen LogP) is 2.22. The molecule has 0 aliphatic heterocycles. The maximum atomic E-state index is 10.8. The average Bonchev–Trinajstić information content (AvgIpc) is 2.78. The molecule has 2 aromatic rings. The first-order chi connectivity index (χ1) is 8.25. The van der Waals surface area contributed by atoms with Crippen molar-refractivity contribution in [2.45, 2.75) is 13.5 Å². The number of rotatable bonds is 4. The topological polar surface area (TPSA) is 47.8 Å². The first-order valence-corrected chi connectivity index (χ1v) is 6.31. The lowest BCUT2D eigenvalue weighted by Gasteiger charge is -1.99. The maximum Gasteiger partial charge on any atom is 0.185 e. The zero-order valence-electron chi connectivity index (χ0n) is 9.54. The lowest BCUT2D eigenvalue weighted by molar-refractivity contribution is -0.109. The van der Waals surface area contributed by atoms with Gasteiger partial charge in [-0.1, -0.05) is 11.8 Å². The molecule has 0 atom stereocenters. The molecule has 0 saturated carbocycles. The molecule has 0 spiro atoms. The third-order valence-corrected chi connectivity index (χ3v) is 3.02. The second kappa shape index (κ2) is 5.63. The Balaban J connectivity index is 1.99. The van der Waals surface area contributed by atoms with Crippen LogP contribution in [0.25, 0.3) is 11.3 Å². The van der Waals surface area contributed by atoms with Crippen molar-refractivity contribution < 1.29 is 4.79 Å². The maximum absolute atomic E-state index is 10.8. The molecule has 2 rings (SSSR count). The van der Waals surface area contributed by atoms with Gasteiger partial charge >= 0.3 is 0 Å². The normalized spacial score (nSPS) is 10.4. The Kier molecular flexibility index (Phi) is 3.93. The van der Waals surface area contributed by atoms with Gasteiger partial charge in [0.2, 0.25) is 0 Å². The molecule has 0 amide bonds. The molecule has 0 bridgehead atoms. The highest BCUT2D eigenvalue weighted by Gasteiger charge is 2.02. The molecule has 0 aliphatic rings. The second-order valence-corrected chi connectivity index (χ2v) is 4.82. The van der Waals surface area contributed by atoms with Gasteiger partial charge in [-0.2, -0.15) is 5.10 Å². The van der Waals surface area contributed by atoms with Gasteiger partial charge in [0.15, 0.2) is 5.12 Å². The van der Waals surface area contributed by atoms with E-state index in [1.54, 1.807) is 19.3 Å². The molecular formula is C12H13N3OS. The largest absolute Gasteiger partial charge is 0.288 e. The third kappa shape index (κ3) is 3.42. The first kappa shape index (κ1) is 11.9. The van der Waals surface area contributed by atoms with Gasteiger partial charge in [-0.05, 0) is 18.2 Å². The number of thioether (sulfide) groups is 1. The number of pyridine rings is 1. The van der Waals surface area contributed by atoms with E-state index < -0.39 is 0 Å². The summed E-state index contributed by atoms with van der Waals surface area (Å²) in [5, 5.41) is 4.57. The number of aromatic nitrogens is 3. The summed E-state index contributed by atoms with van der Waals surface area (Å²) in [6.07, 6.45) is 5.45. The van der Waals surface area contributed by atoms with Crippen molar-refractivity contribution in [1.82, 2.24) is 14.8 Å². The van der Waals surface area contributed by atoms with E-state index in [2.05, 4.69) is 10.1 Å². The van der Waals surface area contributed by atoms with Crippen molar-refractivity contribution in [3.05, 3.63) is 36.8 Å². The molecule has 0 fully saturated rings. The Morgan fingerprint density at radius 2 is 2.35 bits per heavy atom. The van der Waals surface area contributed by atoms with E-state index in [9.17, 15) is 4.79 Å². The second-order valence-electron chi connectivity index (χ2n) is 3.55. The highest BCUT2D eigenvalue weighted by Crippen LogP contribution is 2.14. The molecule has 4 nitrogen and oxygen atoms in total. The van der Waals surface area contributed by atoms with Crippen LogP contribution in [0.2, 0.25) is 0 Å². The minimum absolute atomic E-state index is 0.143. The lowest BCUT2D eigenvalue weighted by atomic mass is 10.2. The monoisotopic (exact) mass is 247 g/mol. The quantitative estimate of drug-likeness (QED) is 0.831.